The first kappa shape index (κ1) is 32.4. The van der Waals surface area contributed by atoms with Gasteiger partial charge in [-0.2, -0.15) is 0 Å². The molecule has 0 bridgehead atoms. The molecule has 3 aromatic carbocycles. The minimum Gasteiger partial charge on any atom is -0.369 e. The monoisotopic (exact) mass is 632 g/mol. The molecule has 2 heterocycles. The highest BCUT2D eigenvalue weighted by molar-refractivity contribution is 6.10. The van der Waals surface area contributed by atoms with Crippen LogP contribution < -0.4 is 15.5 Å². The van der Waals surface area contributed by atoms with Crippen LogP contribution in [0.2, 0.25) is 0 Å². The van der Waals surface area contributed by atoms with Gasteiger partial charge in [-0.05, 0) is 92.8 Å². The largest absolute Gasteiger partial charge is 0.369 e. The molecule has 3 aliphatic rings. The van der Waals surface area contributed by atoms with E-state index in [2.05, 4.69) is 57.3 Å². The van der Waals surface area contributed by atoms with Crippen LogP contribution in [0, 0.1) is 5.92 Å². The molecule has 9 nitrogen and oxygen atoms in total. The summed E-state index contributed by atoms with van der Waals surface area (Å²) >= 11 is 0. The zero-order valence-corrected chi connectivity index (χ0v) is 27.5. The van der Waals surface area contributed by atoms with E-state index in [-0.39, 0.29) is 23.5 Å². The fraction of sp³-hybridized carbons (Fsp3) is 0.342. The number of carbonyl (C=O) groups excluding carboxylic acids is 3. The average Bonchev–Trinajstić information content (AvgIpc) is 3.09. The summed E-state index contributed by atoms with van der Waals surface area (Å²) in [7, 11) is 4.28. The Labute approximate surface area is 277 Å². The predicted octanol–water partition coefficient (Wildman–Crippen LogP) is 4.61. The van der Waals surface area contributed by atoms with E-state index in [0.717, 1.165) is 58.0 Å². The number of carbonyl (C=O) groups is 3. The van der Waals surface area contributed by atoms with Crippen LogP contribution >= 0.6 is 0 Å². The number of nitrogens with zero attached hydrogens (tertiary/aromatic N) is 4. The number of hydrogen-bond acceptors (Lipinski definition) is 7. The van der Waals surface area contributed by atoms with Gasteiger partial charge >= 0.3 is 0 Å². The highest BCUT2D eigenvalue weighted by Crippen LogP contribution is 2.24. The van der Waals surface area contributed by atoms with Crippen molar-refractivity contribution in [1.29, 1.82) is 0 Å². The molecule has 1 aliphatic carbocycles. The van der Waals surface area contributed by atoms with Gasteiger partial charge in [-0.3, -0.25) is 19.3 Å². The fourth-order valence-corrected chi connectivity index (χ4v) is 6.41. The second-order valence-corrected chi connectivity index (χ2v) is 12.9. The third kappa shape index (κ3) is 7.88. The molecule has 0 aromatic heterocycles. The molecule has 2 aliphatic heterocycles. The standard InChI is InChI=1S/C38H44N6O3/c1-27-26-31(10-17-35(27)44-24-20-42(3)21-25-44)38(47)40-33-13-6-29(7-14-33)36(45)28-4-11-32(12-5-28)39-37(46)30-8-15-34(16-9-30)43-22-18-41(2)19-23-43/h4-17,26-27,35H,18-25H2,1-3H3,(H,39,46)(H,40,47). The molecule has 0 spiro atoms. The second kappa shape index (κ2) is 14.5. The first-order valence-electron chi connectivity index (χ1n) is 16.5. The first-order valence-corrected chi connectivity index (χ1v) is 16.5. The summed E-state index contributed by atoms with van der Waals surface area (Å²) in [4.78, 5) is 48.5. The summed E-state index contributed by atoms with van der Waals surface area (Å²) in [6.07, 6.45) is 6.12. The number of anilines is 3. The van der Waals surface area contributed by atoms with Crippen molar-refractivity contribution in [3.63, 3.8) is 0 Å². The van der Waals surface area contributed by atoms with E-state index in [9.17, 15) is 14.4 Å². The Morgan fingerprint density at radius 3 is 1.64 bits per heavy atom. The first-order chi connectivity index (χ1) is 22.7. The number of rotatable bonds is 8. The highest BCUT2D eigenvalue weighted by Gasteiger charge is 2.27. The van der Waals surface area contributed by atoms with Crippen molar-refractivity contribution in [2.45, 2.75) is 13.0 Å². The van der Waals surface area contributed by atoms with Gasteiger partial charge in [0.25, 0.3) is 11.8 Å². The summed E-state index contributed by atoms with van der Waals surface area (Å²) in [5.41, 5.74) is 4.62. The lowest BCUT2D eigenvalue weighted by Gasteiger charge is -2.39. The lowest BCUT2D eigenvalue weighted by atomic mass is 9.91. The molecule has 2 amide bonds. The molecule has 2 N–H and O–H groups in total. The van der Waals surface area contributed by atoms with Crippen LogP contribution in [0.1, 0.15) is 33.2 Å². The van der Waals surface area contributed by atoms with Crippen LogP contribution in [-0.2, 0) is 4.79 Å². The molecule has 0 saturated carbocycles. The Bertz CT molecular complexity index is 1630. The minimum absolute atomic E-state index is 0.137. The quantitative estimate of drug-likeness (QED) is 0.351. The summed E-state index contributed by atoms with van der Waals surface area (Å²) in [6.45, 7) is 10.3. The van der Waals surface area contributed by atoms with Gasteiger partial charge in [-0.15, -0.1) is 0 Å². The third-order valence-corrected chi connectivity index (χ3v) is 9.48. The maximum Gasteiger partial charge on any atom is 0.255 e. The van der Waals surface area contributed by atoms with E-state index in [4.69, 9.17) is 0 Å². The van der Waals surface area contributed by atoms with Crippen molar-refractivity contribution in [2.75, 3.05) is 82.0 Å². The number of hydrogen-bond donors (Lipinski definition) is 2. The Morgan fingerprint density at radius 1 is 0.617 bits per heavy atom. The maximum absolute atomic E-state index is 13.2. The van der Waals surface area contributed by atoms with Crippen LogP contribution in [0.3, 0.4) is 0 Å². The lowest BCUT2D eigenvalue weighted by Crippen LogP contribution is -2.50. The Hall–Kier alpha value is -4.57. The number of likely N-dealkylation sites (N-methyl/N-ethyl adjacent to an activating group) is 2. The molecule has 2 unspecified atom stereocenters. The van der Waals surface area contributed by atoms with E-state index in [1.165, 1.54) is 0 Å². The van der Waals surface area contributed by atoms with Gasteiger partial charge < -0.3 is 25.3 Å². The molecular formula is C38H44N6O3. The van der Waals surface area contributed by atoms with E-state index in [1.54, 1.807) is 48.5 Å². The SMILES string of the molecule is CC1C=C(C(=O)Nc2ccc(C(=O)c3ccc(NC(=O)c4ccc(N5CCN(C)CC5)cc4)cc3)cc2)C=CC1N1CCN(C)CC1. The third-order valence-electron chi connectivity index (χ3n) is 9.48. The highest BCUT2D eigenvalue weighted by atomic mass is 16.2. The van der Waals surface area contributed by atoms with Crippen molar-refractivity contribution in [2.24, 2.45) is 5.92 Å². The Balaban J connectivity index is 1.000. The zero-order valence-electron chi connectivity index (χ0n) is 27.5. The normalized spacial score (nSPS) is 20.8. The van der Waals surface area contributed by atoms with Gasteiger partial charge in [0.05, 0.1) is 0 Å². The van der Waals surface area contributed by atoms with Crippen LogP contribution in [0.5, 0.6) is 0 Å². The van der Waals surface area contributed by atoms with Crippen molar-refractivity contribution in [1.82, 2.24) is 14.7 Å². The minimum atomic E-state index is -0.199. The fourth-order valence-electron chi connectivity index (χ4n) is 6.41. The summed E-state index contributed by atoms with van der Waals surface area (Å²) in [5, 5.41) is 5.88. The van der Waals surface area contributed by atoms with Gasteiger partial charge in [-0.25, -0.2) is 0 Å². The van der Waals surface area contributed by atoms with E-state index in [0.29, 0.717) is 39.7 Å². The summed E-state index contributed by atoms with van der Waals surface area (Å²) in [5.74, 6) is -0.257. The number of piperazine rings is 2. The van der Waals surface area contributed by atoms with E-state index in [1.807, 2.05) is 36.4 Å². The molecule has 2 saturated heterocycles. The number of ketones is 1. The van der Waals surface area contributed by atoms with Crippen molar-refractivity contribution in [3.05, 3.63) is 113 Å². The van der Waals surface area contributed by atoms with Crippen LogP contribution in [-0.4, -0.2) is 105 Å². The van der Waals surface area contributed by atoms with E-state index >= 15 is 0 Å². The predicted molar refractivity (Wildman–Crippen MR) is 188 cm³/mol. The molecule has 9 heteroatoms. The Kier molecular flexibility index (Phi) is 9.96. The number of amides is 2. The average molecular weight is 633 g/mol. The summed E-state index contributed by atoms with van der Waals surface area (Å²) in [6, 6.07) is 21.8. The van der Waals surface area contributed by atoms with Gasteiger partial charge in [0.2, 0.25) is 0 Å². The Morgan fingerprint density at radius 2 is 1.11 bits per heavy atom. The molecule has 3 aromatic rings. The smallest absolute Gasteiger partial charge is 0.255 e. The van der Waals surface area contributed by atoms with Crippen LogP contribution in [0.15, 0.2) is 96.6 Å². The molecule has 2 atom stereocenters. The second-order valence-electron chi connectivity index (χ2n) is 12.9. The number of nitrogens with one attached hydrogen (secondary N) is 2. The van der Waals surface area contributed by atoms with Crippen LogP contribution in [0.4, 0.5) is 17.1 Å². The number of benzene rings is 3. The topological polar surface area (TPSA) is 88.2 Å². The summed E-state index contributed by atoms with van der Waals surface area (Å²) < 4.78 is 0. The van der Waals surface area contributed by atoms with Crippen LogP contribution in [0.25, 0.3) is 0 Å². The molecule has 6 rings (SSSR count). The molecule has 244 valence electrons. The van der Waals surface area contributed by atoms with Crippen molar-refractivity contribution in [3.8, 4) is 0 Å². The molecule has 0 radical (unpaired) electrons. The van der Waals surface area contributed by atoms with Crippen molar-refractivity contribution >= 4 is 34.7 Å². The van der Waals surface area contributed by atoms with Gasteiger partial charge in [0.15, 0.2) is 5.78 Å². The van der Waals surface area contributed by atoms with E-state index < -0.39 is 0 Å². The zero-order chi connectivity index (χ0) is 32.9. The molecular weight excluding hydrogens is 588 g/mol. The molecule has 2 fully saturated rings. The van der Waals surface area contributed by atoms with Gasteiger partial charge in [0, 0.05) is 97.7 Å². The van der Waals surface area contributed by atoms with Gasteiger partial charge in [-0.1, -0.05) is 25.2 Å². The lowest BCUT2D eigenvalue weighted by molar-refractivity contribution is -0.112. The maximum atomic E-state index is 13.2. The molecule has 47 heavy (non-hydrogen) atoms. The van der Waals surface area contributed by atoms with Gasteiger partial charge in [0.1, 0.15) is 0 Å². The van der Waals surface area contributed by atoms with Crippen molar-refractivity contribution < 1.29 is 14.4 Å².